The Labute approximate surface area is 893 Å². The van der Waals surface area contributed by atoms with Gasteiger partial charge in [-0.15, -0.1) is 0 Å². The van der Waals surface area contributed by atoms with Gasteiger partial charge in [0, 0.05) is 71.6 Å². The molecule has 1 aromatic heterocycles. The van der Waals surface area contributed by atoms with E-state index in [-0.39, 0.29) is 29.8 Å². The molecule has 0 radical (unpaired) electrons. The Kier molecular flexibility index (Phi) is 56.4. The van der Waals surface area contributed by atoms with Crippen molar-refractivity contribution in [3.63, 3.8) is 0 Å². The summed E-state index contributed by atoms with van der Waals surface area (Å²) in [6, 6.07) is 55.2. The van der Waals surface area contributed by atoms with Crippen molar-refractivity contribution in [3.8, 4) is 67.9 Å². The second kappa shape index (κ2) is 70.2. The van der Waals surface area contributed by atoms with Gasteiger partial charge in [0.05, 0.1) is 92.1 Å². The fourth-order valence-electron chi connectivity index (χ4n) is 17.2. The molecule has 0 saturated carbocycles. The van der Waals surface area contributed by atoms with E-state index in [4.69, 9.17) is 75.6 Å². The Morgan fingerprint density at radius 3 is 1.21 bits per heavy atom. The van der Waals surface area contributed by atoms with E-state index in [2.05, 4.69) is 205 Å². The van der Waals surface area contributed by atoms with Crippen LogP contribution in [0.15, 0.2) is 248 Å². The third-order valence-corrected chi connectivity index (χ3v) is 25.7. The number of unbranched alkanes of at least 4 members (excludes halogenated alkanes) is 11. The first kappa shape index (κ1) is 121. The van der Waals surface area contributed by atoms with Crippen LogP contribution in [-0.4, -0.2) is 152 Å². The van der Waals surface area contributed by atoms with Gasteiger partial charge in [0.15, 0.2) is 6.73 Å². The van der Waals surface area contributed by atoms with Gasteiger partial charge in [-0.2, -0.15) is 0 Å². The Balaban J connectivity index is 0.000000253. The normalized spacial score (nSPS) is 12.3. The van der Waals surface area contributed by atoms with Crippen LogP contribution in [0.1, 0.15) is 258 Å². The number of hydrogen-bond donors (Lipinski definition) is 0. The second-order valence-electron chi connectivity index (χ2n) is 38.8. The maximum atomic E-state index is 12.1. The molecule has 2 aliphatic rings. The van der Waals surface area contributed by atoms with Crippen molar-refractivity contribution in [1.29, 1.82) is 0 Å². The fourth-order valence-corrected chi connectivity index (χ4v) is 17.2. The molecule has 810 valence electrons. The second-order valence-corrected chi connectivity index (χ2v) is 38.8. The molecule has 23 heteroatoms. The van der Waals surface area contributed by atoms with E-state index < -0.39 is 0 Å². The number of hydrogen-bond acceptors (Lipinski definition) is 23. The first-order valence-electron chi connectivity index (χ1n) is 54.4. The van der Waals surface area contributed by atoms with E-state index in [9.17, 15) is 24.0 Å². The molecular weight excluding hydrogens is 1890 g/mol. The summed E-state index contributed by atoms with van der Waals surface area (Å²) >= 11 is 0. The summed E-state index contributed by atoms with van der Waals surface area (Å²) in [5, 5.41) is 3.74. The van der Waals surface area contributed by atoms with Gasteiger partial charge in [0.2, 0.25) is 0 Å². The summed E-state index contributed by atoms with van der Waals surface area (Å²) in [7, 11) is 0. The zero-order valence-electron chi connectivity index (χ0n) is 91.0. The molecule has 9 aromatic rings. The maximum Gasteiger partial charge on any atom is 0.333 e. The number of aromatic nitrogens is 1. The number of carbonyl (C=O) groups is 5. The van der Waals surface area contributed by atoms with Crippen LogP contribution in [0.25, 0.3) is 33.4 Å². The lowest BCUT2D eigenvalue weighted by Crippen LogP contribution is -2.19. The molecule has 23 nitrogen and oxygen atoms in total. The van der Waals surface area contributed by atoms with Gasteiger partial charge in [-0.25, -0.2) is 24.0 Å². The van der Waals surface area contributed by atoms with Crippen LogP contribution in [0.5, 0.6) is 34.5 Å². The molecule has 150 heavy (non-hydrogen) atoms. The molecule has 0 aliphatic carbocycles. The van der Waals surface area contributed by atoms with Crippen LogP contribution in [0.3, 0.4) is 0 Å². The van der Waals surface area contributed by atoms with Gasteiger partial charge in [-0.3, -0.25) is 0 Å². The molecule has 0 spiro atoms. The minimum atomic E-state index is -0.379. The predicted octanol–water partition coefficient (Wildman–Crippen LogP) is 27.7. The van der Waals surface area contributed by atoms with Crippen molar-refractivity contribution in [2.75, 3.05) is 113 Å². The van der Waals surface area contributed by atoms with E-state index in [0.717, 1.165) is 212 Å². The van der Waals surface area contributed by atoms with Gasteiger partial charge < -0.3 is 80.5 Å². The number of carbonyl (C=O) groups excluding carboxylic acids is 5. The highest BCUT2D eigenvalue weighted by Gasteiger charge is 2.23. The average molecular weight is 2060 g/mol. The van der Waals surface area contributed by atoms with Crippen molar-refractivity contribution in [3.05, 3.63) is 305 Å². The van der Waals surface area contributed by atoms with E-state index in [1.807, 2.05) is 29.3 Å². The molecule has 1 atom stereocenters. The maximum absolute atomic E-state index is 12.1. The van der Waals surface area contributed by atoms with Crippen LogP contribution in [0.2, 0.25) is 0 Å². The van der Waals surface area contributed by atoms with Gasteiger partial charge in [-0.05, 0) is 345 Å². The van der Waals surface area contributed by atoms with E-state index >= 15 is 0 Å². The van der Waals surface area contributed by atoms with E-state index in [0.29, 0.717) is 191 Å². The molecule has 2 aliphatic heterocycles. The fraction of sp³-hybridized carbons (Fsp3) is 0.465. The van der Waals surface area contributed by atoms with Gasteiger partial charge in [0.25, 0.3) is 0 Å². The lowest BCUT2D eigenvalue weighted by Gasteiger charge is -2.20. The highest BCUT2D eigenvalue weighted by molar-refractivity contribution is 5.89. The third kappa shape index (κ3) is 45.5. The smallest absolute Gasteiger partial charge is 0.333 e. The topological polar surface area (TPSA) is 253 Å². The Hall–Kier alpha value is -13.0. The molecule has 11 rings (SSSR count). The molecule has 1 saturated heterocycles. The minimum Gasteiger partial charge on any atom is -0.494 e. The highest BCUT2D eigenvalue weighted by Crippen LogP contribution is 2.39. The van der Waals surface area contributed by atoms with Gasteiger partial charge in [0.1, 0.15) is 60.4 Å². The lowest BCUT2D eigenvalue weighted by atomic mass is 9.91. The van der Waals surface area contributed by atoms with E-state index in [1.54, 1.807) is 53.3 Å². The van der Waals surface area contributed by atoms with Crippen molar-refractivity contribution >= 4 is 29.8 Å². The summed E-state index contributed by atoms with van der Waals surface area (Å²) in [5.74, 6) is 3.88. The highest BCUT2D eigenvalue weighted by atomic mass is 16.6. The summed E-state index contributed by atoms with van der Waals surface area (Å²) in [6.45, 7) is 45.3. The molecule has 0 bridgehead atoms. The van der Waals surface area contributed by atoms with Gasteiger partial charge >= 0.3 is 29.8 Å². The lowest BCUT2D eigenvalue weighted by molar-refractivity contribution is -0.139. The van der Waals surface area contributed by atoms with Crippen LogP contribution in [0.4, 0.5) is 0 Å². The quantitative estimate of drug-likeness (QED) is 0.0149. The van der Waals surface area contributed by atoms with Crippen molar-refractivity contribution in [2.24, 2.45) is 5.92 Å². The molecule has 1 fully saturated rings. The molecule has 0 N–H and O–H groups in total. The van der Waals surface area contributed by atoms with Gasteiger partial charge in [-0.1, -0.05) is 189 Å². The number of rotatable bonds is 71. The molecule has 1 unspecified atom stereocenters. The van der Waals surface area contributed by atoms with Crippen LogP contribution < -0.4 is 28.4 Å². The van der Waals surface area contributed by atoms with Crippen LogP contribution in [-0.2, 0) is 131 Å². The average Bonchev–Trinajstić information content (AvgIpc) is 1.28. The summed E-state index contributed by atoms with van der Waals surface area (Å²) in [6.07, 6.45) is 36.4. The van der Waals surface area contributed by atoms with Crippen molar-refractivity contribution in [2.45, 2.75) is 268 Å². The van der Waals surface area contributed by atoms with Crippen molar-refractivity contribution in [1.82, 2.24) is 10.1 Å². The van der Waals surface area contributed by atoms with E-state index in [1.165, 1.54) is 78.3 Å². The Morgan fingerprint density at radius 1 is 0.373 bits per heavy atom. The number of aryl methyl sites for hydroxylation is 10. The standard InChI is InChI=1S/C47H62O8.C46H59NO8.C34H45NO5/c1-6-39-16-9-10-19-44(39)42-31-40(17-12-27-54-46(48)35(2)3)45(41(32-42)18-13-28-55-47(49)36(4)5)53-26-11-7-8-15-37-20-22-43(23-21-37)52-29-14-25-50-33-38-24-30-51-34-38;1-6-38-16-9-10-19-43(38)41-31-39(17-12-27-54-45(48)35(2)3)44(40(32-41)18-13-28-55-46(49)36(4)5)53-26-11-7-8-15-37-20-22-42(23-21-37)52-29-14-25-50-33-47-24-30-51-34-47;1-5-6-7-8-9-10-11-12-19-37-31-16-17-32(27(4)21-31)29-15-18-33(39-24-28-23-35-40-25-28)30(22-29)14-13-20-38-34(36)26(2)3/h9-10,16,19-23,31-32,38H,2,4,6-8,11-15,17-18,24-30,33-34H2,1,3,5H3;9-10,16,19-24,30-32H,2,4,6-8,11-15,17-18,25-29,33-34H2,1,3,5H3;15-18,21-23,25H,2,5-14,19-20,24H2,1,3-4H3. The largest absolute Gasteiger partial charge is 0.494 e. The number of nitrogens with zero attached hydrogens (tertiary/aromatic N) is 2. The zero-order valence-corrected chi connectivity index (χ0v) is 91.0. The van der Waals surface area contributed by atoms with Crippen LogP contribution in [0, 0.1) is 12.8 Å². The summed E-state index contributed by atoms with van der Waals surface area (Å²) in [4.78, 5) is 61.9. The summed E-state index contributed by atoms with van der Waals surface area (Å²) in [5.41, 5.74) is 21.4. The van der Waals surface area contributed by atoms with Crippen molar-refractivity contribution < 1.29 is 99.5 Å². The SMILES string of the molecule is C=C(C)C(=O)OCCCc1cc(-c2ccc(OCCCCCCCCCC)cc2C)ccc1OCc1cnoc1.C=C(C)C(=O)OCCCc1cc(-c2ccccc2CC)cc(CCCOC(=O)C(=C)C)c1OCCCCCc1ccc(OCCCOCC2CCOC2)cc1.C=C(C)C(=O)OCCCc1cc(-c2ccccc2CC)cc(CCCOC(=O)C(=C)C)c1OCCCCCc1ccc(OCCCOCN2C=COC2)cc1. The number of esters is 5. The molecular formula is C127H166N2O21. The number of benzene rings is 8. The van der Waals surface area contributed by atoms with Crippen LogP contribution >= 0.6 is 0 Å². The Morgan fingerprint density at radius 2 is 0.787 bits per heavy atom. The molecule has 0 amide bonds. The third-order valence-electron chi connectivity index (χ3n) is 25.7. The molecule has 3 heterocycles. The summed E-state index contributed by atoms with van der Waals surface area (Å²) < 4.78 is 91.1. The first-order valence-corrected chi connectivity index (χ1v) is 54.4. The first-order chi connectivity index (χ1) is 73.0. The number of ether oxygens (including phenoxy) is 15. The predicted molar refractivity (Wildman–Crippen MR) is 595 cm³/mol. The Bertz CT molecular complexity index is 5520. The molecule has 8 aromatic carbocycles. The minimum absolute atomic E-state index is 0.294. The zero-order chi connectivity index (χ0) is 107. The monoisotopic (exact) mass is 2060 g/mol.